The fraction of sp³-hybridized carbons (Fsp3) is 0.500. The van der Waals surface area contributed by atoms with Gasteiger partial charge in [-0.1, -0.05) is 6.92 Å². The summed E-state index contributed by atoms with van der Waals surface area (Å²) in [6, 6.07) is 0. The Balaban J connectivity index is 2.72. The zero-order valence-electron chi connectivity index (χ0n) is 12.2. The number of nitrogens with zero attached hydrogens (tertiary/aromatic N) is 4. The molecule has 0 aliphatic carbocycles. The molecule has 0 unspecified atom stereocenters. The SMILES string of the molecule is CCCN(C)c1nc(=O)n2cc(C)c(C)c(C)c2n1. The standard InChI is InChI=1S/C14H20N4O/c1-6-7-17(5)13-15-12-11(4)10(3)9(2)8-18(12)14(19)16-13/h8H,6-7H2,1-5H3. The second-order valence-corrected chi connectivity index (χ2v) is 4.98. The van der Waals surface area contributed by atoms with Crippen molar-refractivity contribution in [2.75, 3.05) is 18.5 Å². The van der Waals surface area contributed by atoms with Crippen molar-refractivity contribution in [2.45, 2.75) is 34.1 Å². The van der Waals surface area contributed by atoms with Crippen LogP contribution in [0.4, 0.5) is 5.95 Å². The van der Waals surface area contributed by atoms with Gasteiger partial charge in [-0.15, -0.1) is 0 Å². The van der Waals surface area contributed by atoms with Crippen LogP contribution in [0.1, 0.15) is 30.0 Å². The van der Waals surface area contributed by atoms with Crippen molar-refractivity contribution in [2.24, 2.45) is 0 Å². The van der Waals surface area contributed by atoms with Crippen LogP contribution in [0.25, 0.3) is 5.65 Å². The molecule has 0 spiro atoms. The number of fused-ring (bicyclic) bond motifs is 1. The van der Waals surface area contributed by atoms with Crippen LogP contribution in [0.5, 0.6) is 0 Å². The van der Waals surface area contributed by atoms with Crippen molar-refractivity contribution in [1.82, 2.24) is 14.4 Å². The number of anilines is 1. The number of hydrogen-bond acceptors (Lipinski definition) is 4. The lowest BCUT2D eigenvalue weighted by molar-refractivity contribution is 0.798. The van der Waals surface area contributed by atoms with Gasteiger partial charge in [0.1, 0.15) is 5.65 Å². The topological polar surface area (TPSA) is 50.5 Å². The van der Waals surface area contributed by atoms with Crippen molar-refractivity contribution in [3.05, 3.63) is 33.4 Å². The Kier molecular flexibility index (Phi) is 3.55. The molecule has 2 heterocycles. The first-order valence-corrected chi connectivity index (χ1v) is 6.54. The van der Waals surface area contributed by atoms with E-state index in [1.807, 2.05) is 38.9 Å². The molecule has 0 aromatic carbocycles. The summed E-state index contributed by atoms with van der Waals surface area (Å²) in [5.41, 5.74) is 3.70. The summed E-state index contributed by atoms with van der Waals surface area (Å²) in [5, 5.41) is 0. The number of hydrogen-bond donors (Lipinski definition) is 0. The van der Waals surface area contributed by atoms with Crippen molar-refractivity contribution < 1.29 is 0 Å². The van der Waals surface area contributed by atoms with Crippen LogP contribution < -0.4 is 10.6 Å². The molecule has 5 nitrogen and oxygen atoms in total. The lowest BCUT2D eigenvalue weighted by atomic mass is 10.1. The van der Waals surface area contributed by atoms with Crippen LogP contribution in [-0.2, 0) is 0 Å². The highest BCUT2D eigenvalue weighted by Crippen LogP contribution is 2.16. The molecule has 0 aliphatic rings. The molecule has 0 saturated heterocycles. The summed E-state index contributed by atoms with van der Waals surface area (Å²) in [5.74, 6) is 0.498. The average molecular weight is 260 g/mol. The molecule has 0 atom stereocenters. The Hall–Kier alpha value is -1.91. The van der Waals surface area contributed by atoms with Crippen LogP contribution in [-0.4, -0.2) is 28.0 Å². The van der Waals surface area contributed by atoms with Crippen LogP contribution in [0.15, 0.2) is 11.0 Å². The van der Waals surface area contributed by atoms with Crippen molar-refractivity contribution in [3.63, 3.8) is 0 Å². The van der Waals surface area contributed by atoms with E-state index in [9.17, 15) is 4.79 Å². The lowest BCUT2D eigenvalue weighted by Gasteiger charge is -2.17. The minimum Gasteiger partial charge on any atom is -0.344 e. The van der Waals surface area contributed by atoms with Crippen LogP contribution in [0.3, 0.4) is 0 Å². The van der Waals surface area contributed by atoms with Gasteiger partial charge in [0.2, 0.25) is 5.95 Å². The van der Waals surface area contributed by atoms with Crippen LogP contribution in [0.2, 0.25) is 0 Å². The fourth-order valence-electron chi connectivity index (χ4n) is 2.14. The highest BCUT2D eigenvalue weighted by molar-refractivity contribution is 5.54. The van der Waals surface area contributed by atoms with E-state index in [1.165, 1.54) is 9.96 Å². The van der Waals surface area contributed by atoms with Crippen molar-refractivity contribution in [3.8, 4) is 0 Å². The van der Waals surface area contributed by atoms with Gasteiger partial charge >= 0.3 is 5.69 Å². The zero-order chi connectivity index (χ0) is 14.2. The Labute approximate surface area is 112 Å². The van der Waals surface area contributed by atoms with Crippen molar-refractivity contribution >= 4 is 11.6 Å². The maximum Gasteiger partial charge on any atom is 0.356 e. The van der Waals surface area contributed by atoms with Gasteiger partial charge in [0.15, 0.2) is 0 Å². The maximum atomic E-state index is 12.1. The minimum atomic E-state index is -0.269. The quantitative estimate of drug-likeness (QED) is 0.845. The third-order valence-electron chi connectivity index (χ3n) is 3.55. The van der Waals surface area contributed by atoms with E-state index in [1.54, 1.807) is 0 Å². The van der Waals surface area contributed by atoms with Crippen molar-refractivity contribution in [1.29, 1.82) is 0 Å². The summed E-state index contributed by atoms with van der Waals surface area (Å²) < 4.78 is 1.53. The molecule has 2 rings (SSSR count). The zero-order valence-corrected chi connectivity index (χ0v) is 12.2. The van der Waals surface area contributed by atoms with E-state index < -0.39 is 0 Å². The highest BCUT2D eigenvalue weighted by atomic mass is 16.1. The second kappa shape index (κ2) is 4.99. The van der Waals surface area contributed by atoms with E-state index in [4.69, 9.17) is 0 Å². The van der Waals surface area contributed by atoms with Gasteiger partial charge < -0.3 is 4.90 Å². The molecular formula is C14H20N4O. The van der Waals surface area contributed by atoms with E-state index in [0.717, 1.165) is 24.1 Å². The molecule has 5 heteroatoms. The van der Waals surface area contributed by atoms with E-state index in [0.29, 0.717) is 11.6 Å². The Morgan fingerprint density at radius 1 is 1.21 bits per heavy atom. The van der Waals surface area contributed by atoms with Gasteiger partial charge in [0.25, 0.3) is 0 Å². The summed E-state index contributed by atoms with van der Waals surface area (Å²) in [6.07, 6.45) is 2.80. The first kappa shape index (κ1) is 13.5. The normalized spacial score (nSPS) is 11.0. The lowest BCUT2D eigenvalue weighted by Crippen LogP contribution is -2.27. The largest absolute Gasteiger partial charge is 0.356 e. The first-order valence-electron chi connectivity index (χ1n) is 6.54. The summed E-state index contributed by atoms with van der Waals surface area (Å²) >= 11 is 0. The molecule has 0 fully saturated rings. The van der Waals surface area contributed by atoms with Gasteiger partial charge in [0.05, 0.1) is 0 Å². The smallest absolute Gasteiger partial charge is 0.344 e. The number of rotatable bonds is 3. The number of pyridine rings is 1. The molecule has 0 N–H and O–H groups in total. The first-order chi connectivity index (χ1) is 8.95. The molecule has 2 aromatic rings. The monoisotopic (exact) mass is 260 g/mol. The molecular weight excluding hydrogens is 240 g/mol. The van der Waals surface area contributed by atoms with Gasteiger partial charge in [-0.05, 0) is 43.9 Å². The molecule has 2 aromatic heterocycles. The summed E-state index contributed by atoms with van der Waals surface area (Å²) in [4.78, 5) is 22.6. The van der Waals surface area contributed by atoms with Crippen LogP contribution in [0, 0.1) is 20.8 Å². The molecule has 0 aliphatic heterocycles. The van der Waals surface area contributed by atoms with Crippen LogP contribution >= 0.6 is 0 Å². The number of aryl methyl sites for hydroxylation is 2. The Morgan fingerprint density at radius 2 is 1.89 bits per heavy atom. The fourth-order valence-corrected chi connectivity index (χ4v) is 2.14. The predicted molar refractivity (Wildman–Crippen MR) is 77.0 cm³/mol. The van der Waals surface area contributed by atoms with Gasteiger partial charge in [-0.2, -0.15) is 9.97 Å². The van der Waals surface area contributed by atoms with Gasteiger partial charge in [-0.25, -0.2) is 4.79 Å². The second-order valence-electron chi connectivity index (χ2n) is 4.98. The molecule has 0 radical (unpaired) electrons. The third kappa shape index (κ3) is 2.32. The molecule has 19 heavy (non-hydrogen) atoms. The third-order valence-corrected chi connectivity index (χ3v) is 3.55. The Morgan fingerprint density at radius 3 is 2.53 bits per heavy atom. The van der Waals surface area contributed by atoms with Gasteiger partial charge in [-0.3, -0.25) is 4.40 Å². The average Bonchev–Trinajstić information content (AvgIpc) is 2.37. The number of aromatic nitrogens is 3. The predicted octanol–water partition coefficient (Wildman–Crippen LogP) is 1.86. The Bertz CT molecular complexity index is 675. The molecule has 102 valence electrons. The summed E-state index contributed by atoms with van der Waals surface area (Å²) in [6.45, 7) is 8.95. The van der Waals surface area contributed by atoms with E-state index >= 15 is 0 Å². The molecule has 0 bridgehead atoms. The van der Waals surface area contributed by atoms with Gasteiger partial charge in [0, 0.05) is 19.8 Å². The van der Waals surface area contributed by atoms with E-state index in [-0.39, 0.29) is 5.69 Å². The minimum absolute atomic E-state index is 0.269. The molecule has 0 amide bonds. The van der Waals surface area contributed by atoms with E-state index in [2.05, 4.69) is 16.9 Å². The highest BCUT2D eigenvalue weighted by Gasteiger charge is 2.11. The summed E-state index contributed by atoms with van der Waals surface area (Å²) in [7, 11) is 1.91. The maximum absolute atomic E-state index is 12.1. The molecule has 0 saturated carbocycles.